The van der Waals surface area contributed by atoms with Crippen LogP contribution in [0.4, 0.5) is 17.1 Å². The first-order valence-corrected chi connectivity index (χ1v) is 11.5. The van der Waals surface area contributed by atoms with E-state index in [2.05, 4.69) is 22.3 Å². The van der Waals surface area contributed by atoms with Gasteiger partial charge < -0.3 is 15.1 Å². The molecule has 0 radical (unpaired) electrons. The van der Waals surface area contributed by atoms with E-state index >= 15 is 0 Å². The predicted molar refractivity (Wildman–Crippen MR) is 136 cm³/mol. The summed E-state index contributed by atoms with van der Waals surface area (Å²) in [6.45, 7) is 2.29. The van der Waals surface area contributed by atoms with Gasteiger partial charge in [-0.05, 0) is 42.7 Å². The van der Waals surface area contributed by atoms with E-state index in [0.29, 0.717) is 18.2 Å². The fraction of sp³-hybridized carbons (Fsp3) is 0.259. The molecule has 0 bridgehead atoms. The van der Waals surface area contributed by atoms with Crippen LogP contribution in [0, 0.1) is 16.0 Å². The van der Waals surface area contributed by atoms with Crippen molar-refractivity contribution in [2.45, 2.75) is 6.42 Å². The van der Waals surface area contributed by atoms with Gasteiger partial charge in [0.25, 0.3) is 11.6 Å². The van der Waals surface area contributed by atoms with E-state index in [1.54, 1.807) is 55.4 Å². The molecule has 1 aliphatic heterocycles. The number of nitro benzene ring substituents is 1. The fourth-order valence-electron chi connectivity index (χ4n) is 4.43. The number of carbonyl (C=O) groups is 2. The smallest absolute Gasteiger partial charge is 0.293 e. The Bertz CT molecular complexity index is 1240. The maximum Gasteiger partial charge on any atom is 0.293 e. The monoisotopic (exact) mass is 472 g/mol. The summed E-state index contributed by atoms with van der Waals surface area (Å²) in [5.41, 5.74) is 2.05. The number of benzene rings is 3. The standard InChI is InChI=1S/C27H28N4O4/c1-29(2)24-13-12-20(16-25(24)31(34)35)26(32)22-10-6-7-11-23(22)27(33)28-17-19-14-15-30(18-19)21-8-4-3-5-9-21/h3-13,16,19H,14-15,17-18H2,1-2H3,(H,28,33). The van der Waals surface area contributed by atoms with Crippen molar-refractivity contribution < 1.29 is 14.5 Å². The number of hydrogen-bond donors (Lipinski definition) is 1. The molecule has 3 aromatic rings. The highest BCUT2D eigenvalue weighted by atomic mass is 16.6. The number of ketones is 1. The zero-order valence-electron chi connectivity index (χ0n) is 19.8. The minimum Gasteiger partial charge on any atom is -0.372 e. The lowest BCUT2D eigenvalue weighted by Crippen LogP contribution is -2.32. The van der Waals surface area contributed by atoms with Crippen LogP contribution < -0.4 is 15.1 Å². The number of nitro groups is 1. The molecule has 3 aromatic carbocycles. The van der Waals surface area contributed by atoms with Gasteiger partial charge in [-0.25, -0.2) is 0 Å². The second-order valence-electron chi connectivity index (χ2n) is 8.88. The molecule has 1 heterocycles. The molecule has 1 aliphatic rings. The van der Waals surface area contributed by atoms with Crippen LogP contribution in [0.15, 0.2) is 72.8 Å². The number of para-hydroxylation sites is 1. The van der Waals surface area contributed by atoms with Gasteiger partial charge in [-0.15, -0.1) is 0 Å². The minimum atomic E-state index is -0.509. The highest BCUT2D eigenvalue weighted by Gasteiger charge is 2.25. The third-order valence-corrected chi connectivity index (χ3v) is 6.29. The van der Waals surface area contributed by atoms with Crippen LogP contribution in [0.1, 0.15) is 32.7 Å². The topological polar surface area (TPSA) is 95.8 Å². The molecule has 1 saturated heterocycles. The lowest BCUT2D eigenvalue weighted by atomic mass is 9.97. The second-order valence-corrected chi connectivity index (χ2v) is 8.88. The Morgan fingerprint density at radius 1 is 1.03 bits per heavy atom. The van der Waals surface area contributed by atoms with Gasteiger partial charge in [0.2, 0.25) is 0 Å². The normalized spacial score (nSPS) is 15.0. The first-order valence-electron chi connectivity index (χ1n) is 11.5. The highest BCUT2D eigenvalue weighted by Crippen LogP contribution is 2.29. The Kier molecular flexibility index (Phi) is 7.10. The van der Waals surface area contributed by atoms with Crippen molar-refractivity contribution in [2.24, 2.45) is 5.92 Å². The summed E-state index contributed by atoms with van der Waals surface area (Å²) >= 11 is 0. The van der Waals surface area contributed by atoms with E-state index in [4.69, 9.17) is 0 Å². The molecule has 1 amide bonds. The Labute approximate surface area is 204 Å². The van der Waals surface area contributed by atoms with Crippen molar-refractivity contribution in [1.82, 2.24) is 5.32 Å². The molecular weight excluding hydrogens is 444 g/mol. The van der Waals surface area contributed by atoms with Crippen molar-refractivity contribution in [1.29, 1.82) is 0 Å². The van der Waals surface area contributed by atoms with Gasteiger partial charge in [-0.3, -0.25) is 19.7 Å². The number of rotatable bonds is 8. The van der Waals surface area contributed by atoms with Crippen LogP contribution in [0.3, 0.4) is 0 Å². The molecule has 1 fully saturated rings. The molecule has 1 unspecified atom stereocenters. The van der Waals surface area contributed by atoms with Crippen LogP contribution in [0.5, 0.6) is 0 Å². The van der Waals surface area contributed by atoms with E-state index in [-0.39, 0.29) is 28.3 Å². The van der Waals surface area contributed by atoms with Crippen molar-refractivity contribution >= 4 is 28.8 Å². The number of amides is 1. The maximum absolute atomic E-state index is 13.3. The third kappa shape index (κ3) is 5.32. The van der Waals surface area contributed by atoms with Gasteiger partial charge in [0.05, 0.1) is 10.5 Å². The van der Waals surface area contributed by atoms with Crippen molar-refractivity contribution in [3.05, 3.63) is 99.6 Å². The molecule has 1 N–H and O–H groups in total. The summed E-state index contributed by atoms with van der Waals surface area (Å²) in [6.07, 6.45) is 0.970. The first kappa shape index (κ1) is 23.9. The van der Waals surface area contributed by atoms with E-state index in [9.17, 15) is 19.7 Å². The molecule has 0 aromatic heterocycles. The summed E-state index contributed by atoms with van der Waals surface area (Å²) < 4.78 is 0. The van der Waals surface area contributed by atoms with Crippen LogP contribution in [0.25, 0.3) is 0 Å². The number of nitrogens with one attached hydrogen (secondary N) is 1. The first-order chi connectivity index (χ1) is 16.8. The van der Waals surface area contributed by atoms with E-state index in [1.165, 1.54) is 11.8 Å². The molecule has 0 saturated carbocycles. The quantitative estimate of drug-likeness (QED) is 0.301. The van der Waals surface area contributed by atoms with Gasteiger partial charge in [-0.2, -0.15) is 0 Å². The second kappa shape index (κ2) is 10.4. The molecule has 4 rings (SSSR count). The van der Waals surface area contributed by atoms with Crippen LogP contribution in [-0.4, -0.2) is 50.3 Å². The number of nitrogens with zero attached hydrogens (tertiary/aromatic N) is 3. The van der Waals surface area contributed by atoms with Gasteiger partial charge in [-0.1, -0.05) is 36.4 Å². The van der Waals surface area contributed by atoms with Gasteiger partial charge in [0.15, 0.2) is 5.78 Å². The molecule has 35 heavy (non-hydrogen) atoms. The van der Waals surface area contributed by atoms with Crippen molar-refractivity contribution in [3.63, 3.8) is 0 Å². The SMILES string of the molecule is CN(C)c1ccc(C(=O)c2ccccc2C(=O)NCC2CCN(c3ccccc3)C2)cc1[N+](=O)[O-]. The number of anilines is 2. The highest BCUT2D eigenvalue weighted by molar-refractivity contribution is 6.15. The molecule has 180 valence electrons. The Balaban J connectivity index is 1.47. The summed E-state index contributed by atoms with van der Waals surface area (Å²) in [5, 5.41) is 14.5. The number of carbonyl (C=O) groups excluding carboxylic acids is 2. The zero-order valence-corrected chi connectivity index (χ0v) is 19.8. The van der Waals surface area contributed by atoms with Crippen LogP contribution in [-0.2, 0) is 0 Å². The Hall–Kier alpha value is -4.20. The minimum absolute atomic E-state index is 0.160. The molecule has 0 spiro atoms. The summed E-state index contributed by atoms with van der Waals surface area (Å²) in [5.74, 6) is -0.449. The molecule has 8 heteroatoms. The van der Waals surface area contributed by atoms with Crippen molar-refractivity contribution in [2.75, 3.05) is 43.5 Å². The summed E-state index contributed by atoms with van der Waals surface area (Å²) in [6, 6.07) is 21.1. The summed E-state index contributed by atoms with van der Waals surface area (Å²) in [7, 11) is 3.40. The van der Waals surface area contributed by atoms with E-state index in [1.807, 2.05) is 18.2 Å². The lowest BCUT2D eigenvalue weighted by Gasteiger charge is -2.19. The Morgan fingerprint density at radius 2 is 1.71 bits per heavy atom. The van der Waals surface area contributed by atoms with E-state index < -0.39 is 10.7 Å². The van der Waals surface area contributed by atoms with Gasteiger partial charge >= 0.3 is 0 Å². The molecule has 0 aliphatic carbocycles. The van der Waals surface area contributed by atoms with Crippen LogP contribution >= 0.6 is 0 Å². The molecular formula is C27H28N4O4. The largest absolute Gasteiger partial charge is 0.372 e. The average Bonchev–Trinajstić information content (AvgIpc) is 3.36. The molecule has 1 atom stereocenters. The van der Waals surface area contributed by atoms with E-state index in [0.717, 1.165) is 19.5 Å². The predicted octanol–water partition coefficient (Wildman–Crippen LogP) is 4.15. The molecule has 8 nitrogen and oxygen atoms in total. The maximum atomic E-state index is 13.3. The van der Waals surface area contributed by atoms with Gasteiger partial charge in [0, 0.05) is 56.6 Å². The fourth-order valence-corrected chi connectivity index (χ4v) is 4.43. The lowest BCUT2D eigenvalue weighted by molar-refractivity contribution is -0.384. The van der Waals surface area contributed by atoms with Crippen LogP contribution in [0.2, 0.25) is 0 Å². The average molecular weight is 473 g/mol. The zero-order chi connectivity index (χ0) is 24.9. The van der Waals surface area contributed by atoms with Gasteiger partial charge in [0.1, 0.15) is 5.69 Å². The van der Waals surface area contributed by atoms with Crippen molar-refractivity contribution in [3.8, 4) is 0 Å². The summed E-state index contributed by atoms with van der Waals surface area (Å²) in [4.78, 5) is 41.3. The Morgan fingerprint density at radius 3 is 2.40 bits per heavy atom. The number of hydrogen-bond acceptors (Lipinski definition) is 6. The third-order valence-electron chi connectivity index (χ3n) is 6.29.